The quantitative estimate of drug-likeness (QED) is 0.186. The Morgan fingerprint density at radius 2 is 1.10 bits per heavy atom. The molecule has 0 saturated carbocycles. The lowest BCUT2D eigenvalue weighted by Gasteiger charge is -2.28. The maximum absolute atomic E-state index is 12.7. The molecule has 0 atom stereocenters. The van der Waals surface area contributed by atoms with Gasteiger partial charge in [-0.1, -0.05) is 12.1 Å². The van der Waals surface area contributed by atoms with E-state index in [1.54, 1.807) is 6.08 Å². The normalized spacial score (nSPS) is 13.8. The molecule has 0 saturated heterocycles. The van der Waals surface area contributed by atoms with Crippen molar-refractivity contribution in [3.05, 3.63) is 83.9 Å². The summed E-state index contributed by atoms with van der Waals surface area (Å²) in [5.74, 6) is -0.282. The molecule has 8 heteroatoms. The number of rotatable bonds is 12. The molecular weight excluding hydrogens is 514 g/mol. The van der Waals surface area contributed by atoms with E-state index in [4.69, 9.17) is 4.74 Å². The Hall–Kier alpha value is -4.59. The number of carbonyl (C=O) groups excluding carboxylic acids is 2. The first kappa shape index (κ1) is 29.4. The summed E-state index contributed by atoms with van der Waals surface area (Å²) in [6.45, 7) is 14.9. The second kappa shape index (κ2) is 13.7. The zero-order chi connectivity index (χ0) is 29.4. The Labute approximate surface area is 243 Å². The lowest BCUT2D eigenvalue weighted by atomic mass is 10.1. The van der Waals surface area contributed by atoms with Gasteiger partial charge in [0.05, 0.1) is 0 Å². The maximum atomic E-state index is 12.7. The van der Waals surface area contributed by atoms with E-state index in [1.165, 1.54) is 16.4 Å². The molecule has 3 aromatic rings. The number of likely N-dealkylation sites (N-methyl/N-ethyl adjacent to an activating group) is 1. The standard InChI is InChI=1S/C33H39N5O3/c1-6-35(7-2)26-15-19-29(20-16-26)38(30-21-17-27(18-22-30)36(8-3)9-4)28-13-11-25(12-14-28)23-31-32(41-24-39)34-37(10-5)33(31)40/h11-24H,6-10H2,1-5H3. The highest BCUT2D eigenvalue weighted by molar-refractivity contribution is 6.25. The molecule has 41 heavy (non-hydrogen) atoms. The Morgan fingerprint density at radius 1 is 0.683 bits per heavy atom. The van der Waals surface area contributed by atoms with Crippen LogP contribution < -0.4 is 14.7 Å². The van der Waals surface area contributed by atoms with Crippen molar-refractivity contribution < 1.29 is 14.3 Å². The van der Waals surface area contributed by atoms with Gasteiger partial charge in [-0.15, -0.1) is 5.10 Å². The highest BCUT2D eigenvalue weighted by atomic mass is 16.5. The minimum Gasteiger partial charge on any atom is -0.407 e. The minimum absolute atomic E-state index is 0.0131. The molecule has 0 unspecified atom stereocenters. The minimum atomic E-state index is -0.295. The number of hydrazone groups is 1. The molecule has 1 aliphatic rings. The van der Waals surface area contributed by atoms with Crippen molar-refractivity contribution in [3.8, 4) is 0 Å². The largest absolute Gasteiger partial charge is 0.407 e. The molecule has 0 aromatic heterocycles. The molecule has 0 spiro atoms. The SMILES string of the molecule is CCN1N=C(OC=O)C(=Cc2ccc(N(c3ccc(N(CC)CC)cc3)c3ccc(N(CC)CC)cc3)cc2)C1=O. The first-order valence-corrected chi connectivity index (χ1v) is 14.3. The van der Waals surface area contributed by atoms with E-state index in [9.17, 15) is 9.59 Å². The van der Waals surface area contributed by atoms with E-state index < -0.39 is 0 Å². The van der Waals surface area contributed by atoms with Gasteiger partial charge in [-0.25, -0.2) is 5.01 Å². The zero-order valence-corrected chi connectivity index (χ0v) is 24.6. The van der Waals surface area contributed by atoms with Gasteiger partial charge in [0.15, 0.2) is 0 Å². The highest BCUT2D eigenvalue weighted by Gasteiger charge is 2.30. The molecule has 3 aromatic carbocycles. The lowest BCUT2D eigenvalue weighted by molar-refractivity contribution is -0.125. The van der Waals surface area contributed by atoms with E-state index >= 15 is 0 Å². The van der Waals surface area contributed by atoms with Crippen LogP contribution in [-0.2, 0) is 14.3 Å². The van der Waals surface area contributed by atoms with Crippen LogP contribution in [0.3, 0.4) is 0 Å². The average molecular weight is 554 g/mol. The predicted molar refractivity (Wildman–Crippen MR) is 168 cm³/mol. The van der Waals surface area contributed by atoms with Crippen LogP contribution in [-0.4, -0.2) is 56.0 Å². The van der Waals surface area contributed by atoms with Gasteiger partial charge in [0.25, 0.3) is 18.3 Å². The average Bonchev–Trinajstić information content (AvgIpc) is 3.30. The molecule has 0 N–H and O–H groups in total. The third kappa shape index (κ3) is 6.43. The highest BCUT2D eigenvalue weighted by Crippen LogP contribution is 2.36. The third-order valence-electron chi connectivity index (χ3n) is 7.30. The first-order chi connectivity index (χ1) is 20.0. The van der Waals surface area contributed by atoms with E-state index in [1.807, 2.05) is 31.2 Å². The molecule has 214 valence electrons. The van der Waals surface area contributed by atoms with Gasteiger partial charge < -0.3 is 19.4 Å². The van der Waals surface area contributed by atoms with Crippen LogP contribution in [0.5, 0.6) is 0 Å². The van der Waals surface area contributed by atoms with Crippen LogP contribution in [0.25, 0.3) is 6.08 Å². The zero-order valence-electron chi connectivity index (χ0n) is 24.6. The summed E-state index contributed by atoms with van der Waals surface area (Å²) in [5.41, 5.74) is 6.49. The van der Waals surface area contributed by atoms with E-state index in [0.717, 1.165) is 48.8 Å². The van der Waals surface area contributed by atoms with Crippen molar-refractivity contribution in [2.45, 2.75) is 34.6 Å². The molecule has 8 nitrogen and oxygen atoms in total. The summed E-state index contributed by atoms with van der Waals surface area (Å²) in [7, 11) is 0. The molecule has 0 fully saturated rings. The third-order valence-corrected chi connectivity index (χ3v) is 7.30. The van der Waals surface area contributed by atoms with E-state index in [2.05, 4.69) is 96.0 Å². The van der Waals surface area contributed by atoms with Gasteiger partial charge in [0.2, 0.25) is 0 Å². The van der Waals surface area contributed by atoms with Gasteiger partial charge in [-0.3, -0.25) is 9.59 Å². The van der Waals surface area contributed by atoms with Crippen LogP contribution in [0.2, 0.25) is 0 Å². The summed E-state index contributed by atoms with van der Waals surface area (Å²) in [4.78, 5) is 30.6. The van der Waals surface area contributed by atoms with Crippen LogP contribution in [0.1, 0.15) is 40.2 Å². The number of ether oxygens (including phenoxy) is 1. The summed E-state index contributed by atoms with van der Waals surface area (Å²) < 4.78 is 4.98. The first-order valence-electron chi connectivity index (χ1n) is 14.3. The number of amides is 1. The van der Waals surface area contributed by atoms with Gasteiger partial charge in [0, 0.05) is 61.2 Å². The maximum Gasteiger partial charge on any atom is 0.299 e. The van der Waals surface area contributed by atoms with E-state index in [0.29, 0.717) is 6.54 Å². The smallest absolute Gasteiger partial charge is 0.299 e. The number of hydrogen-bond donors (Lipinski definition) is 0. The number of nitrogens with zero attached hydrogens (tertiary/aromatic N) is 5. The molecular formula is C33H39N5O3. The van der Waals surface area contributed by atoms with Crippen LogP contribution in [0.15, 0.2) is 83.5 Å². The van der Waals surface area contributed by atoms with Crippen molar-refractivity contribution >= 4 is 52.8 Å². The molecule has 0 aliphatic carbocycles. The Bertz CT molecular complexity index is 1320. The van der Waals surface area contributed by atoms with E-state index in [-0.39, 0.29) is 23.9 Å². The van der Waals surface area contributed by atoms with Gasteiger partial charge >= 0.3 is 0 Å². The fourth-order valence-corrected chi connectivity index (χ4v) is 5.05. The van der Waals surface area contributed by atoms with Crippen molar-refractivity contribution in [1.29, 1.82) is 0 Å². The molecule has 4 rings (SSSR count). The second-order valence-electron chi connectivity index (χ2n) is 9.50. The van der Waals surface area contributed by atoms with Crippen molar-refractivity contribution in [2.75, 3.05) is 47.4 Å². The van der Waals surface area contributed by atoms with Crippen molar-refractivity contribution in [3.63, 3.8) is 0 Å². The van der Waals surface area contributed by atoms with Gasteiger partial charge in [-0.2, -0.15) is 0 Å². The fourth-order valence-electron chi connectivity index (χ4n) is 5.05. The summed E-state index contributed by atoms with van der Waals surface area (Å²) in [5, 5.41) is 5.39. The number of anilines is 5. The summed E-state index contributed by atoms with van der Waals surface area (Å²) in [6, 6.07) is 25.2. The van der Waals surface area contributed by atoms with Crippen molar-refractivity contribution in [1.82, 2.24) is 5.01 Å². The Kier molecular flexibility index (Phi) is 9.79. The van der Waals surface area contributed by atoms with Gasteiger partial charge in [-0.05, 0) is 107 Å². The van der Waals surface area contributed by atoms with Gasteiger partial charge in [0.1, 0.15) is 5.57 Å². The molecule has 0 radical (unpaired) electrons. The number of hydrogen-bond acceptors (Lipinski definition) is 7. The molecule has 1 heterocycles. The predicted octanol–water partition coefficient (Wildman–Crippen LogP) is 6.58. The van der Waals surface area contributed by atoms with Crippen LogP contribution in [0, 0.1) is 0 Å². The number of carbonyl (C=O) groups is 2. The second-order valence-corrected chi connectivity index (χ2v) is 9.50. The Balaban J connectivity index is 1.71. The number of benzene rings is 3. The van der Waals surface area contributed by atoms with Crippen LogP contribution in [0.4, 0.5) is 28.4 Å². The summed E-state index contributed by atoms with van der Waals surface area (Å²) in [6.07, 6.45) is 1.70. The monoisotopic (exact) mass is 553 g/mol. The molecule has 1 amide bonds. The fraction of sp³-hybridized carbons (Fsp3) is 0.303. The van der Waals surface area contributed by atoms with Crippen molar-refractivity contribution in [2.24, 2.45) is 5.10 Å². The molecule has 1 aliphatic heterocycles. The topological polar surface area (TPSA) is 68.7 Å². The summed E-state index contributed by atoms with van der Waals surface area (Å²) >= 11 is 0. The lowest BCUT2D eigenvalue weighted by Crippen LogP contribution is -2.22. The van der Waals surface area contributed by atoms with Crippen LogP contribution >= 0.6 is 0 Å². The Morgan fingerprint density at radius 3 is 1.49 bits per heavy atom. The molecule has 0 bridgehead atoms.